The lowest BCUT2D eigenvalue weighted by Crippen LogP contribution is -2.42. The monoisotopic (exact) mass is 498 g/mol. The number of sulfonamides is 1. The molecule has 2 aromatic rings. The number of halogens is 2. The maximum Gasteiger partial charge on any atom is 0.246 e. The summed E-state index contributed by atoms with van der Waals surface area (Å²) < 4.78 is 33.1. The summed E-state index contributed by atoms with van der Waals surface area (Å²) in [5.74, 6) is 0.122. The number of amides is 1. The first kappa shape index (κ1) is 23.3. The average Bonchev–Trinajstić information content (AvgIpc) is 2.79. The average molecular weight is 499 g/mol. The molecule has 0 radical (unpaired) electrons. The third kappa shape index (κ3) is 5.18. The molecule has 2 saturated heterocycles. The van der Waals surface area contributed by atoms with E-state index >= 15 is 0 Å². The van der Waals surface area contributed by atoms with Crippen molar-refractivity contribution in [3.63, 3.8) is 0 Å². The molecule has 0 saturated carbocycles. The van der Waals surface area contributed by atoms with E-state index in [2.05, 4.69) is 10.3 Å². The van der Waals surface area contributed by atoms with Crippen LogP contribution >= 0.6 is 23.2 Å². The second-order valence-corrected chi connectivity index (χ2v) is 10.5. The molecule has 2 aliphatic heterocycles. The molecule has 2 fully saturated rings. The fraction of sp³-hybridized carbons (Fsp3) is 0.429. The fourth-order valence-electron chi connectivity index (χ4n) is 3.97. The minimum atomic E-state index is -3.68. The highest BCUT2D eigenvalue weighted by atomic mass is 35.5. The van der Waals surface area contributed by atoms with Crippen LogP contribution in [0.25, 0.3) is 0 Å². The van der Waals surface area contributed by atoms with Gasteiger partial charge in [-0.1, -0.05) is 23.2 Å². The van der Waals surface area contributed by atoms with Crippen molar-refractivity contribution in [2.75, 3.05) is 49.6 Å². The molecule has 1 amide bonds. The molecule has 0 aliphatic carbocycles. The van der Waals surface area contributed by atoms with Crippen LogP contribution in [0.15, 0.2) is 41.4 Å². The smallest absolute Gasteiger partial charge is 0.246 e. The summed E-state index contributed by atoms with van der Waals surface area (Å²) in [5.41, 5.74) is 0.554. The van der Waals surface area contributed by atoms with Gasteiger partial charge >= 0.3 is 0 Å². The molecular weight excluding hydrogens is 475 g/mol. The Morgan fingerprint density at radius 3 is 2.38 bits per heavy atom. The number of piperidine rings is 1. The molecule has 1 N–H and O–H groups in total. The van der Waals surface area contributed by atoms with Gasteiger partial charge in [0.25, 0.3) is 0 Å². The maximum atomic E-state index is 13.2. The van der Waals surface area contributed by atoms with Gasteiger partial charge in [0.1, 0.15) is 10.7 Å². The van der Waals surface area contributed by atoms with Crippen molar-refractivity contribution in [3.8, 4) is 0 Å². The van der Waals surface area contributed by atoms with Crippen molar-refractivity contribution in [3.05, 3.63) is 46.6 Å². The van der Waals surface area contributed by atoms with Gasteiger partial charge in [-0.05, 0) is 43.2 Å². The van der Waals surface area contributed by atoms with E-state index in [9.17, 15) is 13.2 Å². The van der Waals surface area contributed by atoms with Crippen LogP contribution < -0.4 is 10.2 Å². The normalized spacial score (nSPS) is 18.5. The van der Waals surface area contributed by atoms with E-state index in [0.29, 0.717) is 73.8 Å². The summed E-state index contributed by atoms with van der Waals surface area (Å²) in [7, 11) is -3.68. The Morgan fingerprint density at radius 2 is 1.72 bits per heavy atom. The maximum absolute atomic E-state index is 13.2. The van der Waals surface area contributed by atoms with Crippen LogP contribution in [0.3, 0.4) is 0 Å². The first-order valence-electron chi connectivity index (χ1n) is 10.4. The Morgan fingerprint density at radius 1 is 1.06 bits per heavy atom. The highest BCUT2D eigenvalue weighted by molar-refractivity contribution is 7.89. The molecule has 0 spiro atoms. The largest absolute Gasteiger partial charge is 0.379 e. The SMILES string of the molecule is O=C(Nc1cc(Cl)cc(Cl)c1)C1CCN(c2ncccc2S(=O)(=O)N2CCOCC2)CC1. The Labute approximate surface area is 197 Å². The number of anilines is 2. The van der Waals surface area contributed by atoms with Crippen LogP contribution in [-0.2, 0) is 19.6 Å². The van der Waals surface area contributed by atoms with E-state index in [4.69, 9.17) is 27.9 Å². The van der Waals surface area contributed by atoms with Gasteiger partial charge in [-0.15, -0.1) is 0 Å². The van der Waals surface area contributed by atoms with Crippen molar-refractivity contribution in [1.29, 1.82) is 0 Å². The quantitative estimate of drug-likeness (QED) is 0.679. The van der Waals surface area contributed by atoms with E-state index in [1.54, 1.807) is 36.5 Å². The summed E-state index contributed by atoms with van der Waals surface area (Å²) in [6.45, 7) is 2.47. The Bertz CT molecular complexity index is 1060. The standard InChI is InChI=1S/C21H24Cl2N4O4S/c22-16-12-17(23)14-18(13-16)25-21(28)15-3-6-26(7-4-15)20-19(2-1-5-24-20)32(29,30)27-8-10-31-11-9-27/h1-2,5,12-15H,3-4,6-11H2,(H,25,28). The lowest BCUT2D eigenvalue weighted by molar-refractivity contribution is -0.120. The van der Waals surface area contributed by atoms with Gasteiger partial charge in [0.05, 0.1) is 13.2 Å². The van der Waals surface area contributed by atoms with Crippen LogP contribution in [0.1, 0.15) is 12.8 Å². The van der Waals surface area contributed by atoms with Gasteiger partial charge in [-0.3, -0.25) is 4.79 Å². The van der Waals surface area contributed by atoms with Crippen molar-refractivity contribution in [1.82, 2.24) is 9.29 Å². The number of hydrogen-bond acceptors (Lipinski definition) is 6. The summed E-state index contributed by atoms with van der Waals surface area (Å²) in [5, 5.41) is 3.77. The van der Waals surface area contributed by atoms with Crippen LogP contribution in [0.2, 0.25) is 10.0 Å². The molecule has 2 aliphatic rings. The number of hydrogen-bond donors (Lipinski definition) is 1. The first-order chi connectivity index (χ1) is 15.3. The lowest BCUT2D eigenvalue weighted by Gasteiger charge is -2.34. The number of carbonyl (C=O) groups is 1. The number of ether oxygens (including phenoxy) is 1. The van der Waals surface area contributed by atoms with Crippen LogP contribution in [0.4, 0.5) is 11.5 Å². The van der Waals surface area contributed by atoms with Crippen molar-refractivity contribution in [2.24, 2.45) is 5.92 Å². The second kappa shape index (κ2) is 9.93. The minimum Gasteiger partial charge on any atom is -0.379 e. The Hall–Kier alpha value is -1.91. The molecule has 3 heterocycles. The molecule has 32 heavy (non-hydrogen) atoms. The zero-order valence-electron chi connectivity index (χ0n) is 17.3. The highest BCUT2D eigenvalue weighted by Gasteiger charge is 2.33. The first-order valence-corrected chi connectivity index (χ1v) is 12.6. The number of rotatable bonds is 5. The Kier molecular flexibility index (Phi) is 7.21. The second-order valence-electron chi connectivity index (χ2n) is 7.75. The third-order valence-corrected chi connectivity index (χ3v) is 7.99. The number of pyridine rings is 1. The van der Waals surface area contributed by atoms with Gasteiger partial charge in [0.15, 0.2) is 0 Å². The van der Waals surface area contributed by atoms with Crippen LogP contribution in [0, 0.1) is 5.92 Å². The molecule has 0 bridgehead atoms. The van der Waals surface area contributed by atoms with Gasteiger partial charge in [0.2, 0.25) is 15.9 Å². The zero-order valence-corrected chi connectivity index (χ0v) is 19.7. The fourth-order valence-corrected chi connectivity index (χ4v) is 6.07. The van der Waals surface area contributed by atoms with Gasteiger partial charge < -0.3 is 15.0 Å². The zero-order chi connectivity index (χ0) is 22.7. The number of carbonyl (C=O) groups excluding carboxylic acids is 1. The van der Waals surface area contributed by atoms with E-state index in [1.807, 2.05) is 4.90 Å². The van der Waals surface area contributed by atoms with Crippen LogP contribution in [-0.4, -0.2) is 63.0 Å². The van der Waals surface area contributed by atoms with Crippen molar-refractivity contribution in [2.45, 2.75) is 17.7 Å². The summed E-state index contributed by atoms with van der Waals surface area (Å²) in [6, 6.07) is 8.13. The topological polar surface area (TPSA) is 91.8 Å². The predicted molar refractivity (Wildman–Crippen MR) is 124 cm³/mol. The van der Waals surface area contributed by atoms with Gasteiger partial charge in [0, 0.05) is 54.0 Å². The van der Waals surface area contributed by atoms with E-state index in [0.717, 1.165) is 0 Å². The molecule has 0 unspecified atom stereocenters. The Balaban J connectivity index is 1.44. The van der Waals surface area contributed by atoms with E-state index < -0.39 is 10.0 Å². The molecule has 8 nitrogen and oxygen atoms in total. The number of morpholine rings is 1. The lowest BCUT2D eigenvalue weighted by atomic mass is 9.95. The van der Waals surface area contributed by atoms with Crippen LogP contribution in [0.5, 0.6) is 0 Å². The van der Waals surface area contributed by atoms with Crippen molar-refractivity contribution >= 4 is 50.6 Å². The minimum absolute atomic E-state index is 0.106. The number of nitrogens with zero attached hydrogens (tertiary/aromatic N) is 3. The summed E-state index contributed by atoms with van der Waals surface area (Å²) in [4.78, 5) is 19.2. The number of benzene rings is 1. The molecule has 11 heteroatoms. The number of aromatic nitrogens is 1. The highest BCUT2D eigenvalue weighted by Crippen LogP contribution is 2.30. The molecule has 1 aromatic carbocycles. The predicted octanol–water partition coefficient (Wildman–Crippen LogP) is 3.26. The van der Waals surface area contributed by atoms with E-state index in [-0.39, 0.29) is 16.7 Å². The molecule has 1 aromatic heterocycles. The van der Waals surface area contributed by atoms with Gasteiger partial charge in [-0.25, -0.2) is 13.4 Å². The summed E-state index contributed by atoms with van der Waals surface area (Å²) in [6.07, 6.45) is 2.75. The molecule has 0 atom stereocenters. The van der Waals surface area contributed by atoms with Crippen molar-refractivity contribution < 1.29 is 17.9 Å². The van der Waals surface area contributed by atoms with Gasteiger partial charge in [-0.2, -0.15) is 4.31 Å². The third-order valence-electron chi connectivity index (χ3n) is 5.63. The molecular formula is C21H24Cl2N4O4S. The number of nitrogens with one attached hydrogen (secondary N) is 1. The molecule has 172 valence electrons. The summed E-state index contributed by atoms with van der Waals surface area (Å²) >= 11 is 12.0. The van der Waals surface area contributed by atoms with E-state index in [1.165, 1.54) is 4.31 Å². The molecule has 4 rings (SSSR count).